The molecule has 1 heterocycles. The predicted molar refractivity (Wildman–Crippen MR) is 71.3 cm³/mol. The maximum atomic E-state index is 6.13. The van der Waals surface area contributed by atoms with Crippen LogP contribution in [0.4, 0.5) is 0 Å². The second-order valence-electron chi connectivity index (χ2n) is 4.98. The van der Waals surface area contributed by atoms with E-state index < -0.39 is 0 Å². The summed E-state index contributed by atoms with van der Waals surface area (Å²) in [7, 11) is 0. The van der Waals surface area contributed by atoms with Gasteiger partial charge in [-0.3, -0.25) is 0 Å². The van der Waals surface area contributed by atoms with Crippen molar-refractivity contribution in [3.63, 3.8) is 0 Å². The fourth-order valence-corrected chi connectivity index (χ4v) is 3.06. The van der Waals surface area contributed by atoms with Gasteiger partial charge in [-0.15, -0.1) is 0 Å². The van der Waals surface area contributed by atoms with E-state index in [1.165, 1.54) is 32.1 Å². The molecule has 1 unspecified atom stereocenters. The molecular weight excluding hydrogens is 234 g/mol. The zero-order valence-corrected chi connectivity index (χ0v) is 11.3. The summed E-state index contributed by atoms with van der Waals surface area (Å²) < 4.78 is 5.24. The van der Waals surface area contributed by atoms with Crippen molar-refractivity contribution < 1.29 is 4.42 Å². The highest BCUT2D eigenvalue weighted by atomic mass is 35.5. The molecule has 0 spiro atoms. The van der Waals surface area contributed by atoms with Crippen molar-refractivity contribution in [2.24, 2.45) is 5.92 Å². The van der Waals surface area contributed by atoms with E-state index in [1.807, 2.05) is 6.07 Å². The average molecular weight is 256 g/mol. The van der Waals surface area contributed by atoms with Crippen LogP contribution in [0, 0.1) is 5.92 Å². The van der Waals surface area contributed by atoms with Crippen molar-refractivity contribution in [1.29, 1.82) is 0 Å². The van der Waals surface area contributed by atoms with Crippen molar-refractivity contribution in [2.45, 2.75) is 51.5 Å². The van der Waals surface area contributed by atoms with E-state index in [2.05, 4.69) is 12.2 Å². The molecule has 0 aliphatic heterocycles. The molecule has 3 heteroatoms. The van der Waals surface area contributed by atoms with Gasteiger partial charge in [-0.05, 0) is 49.4 Å². The van der Waals surface area contributed by atoms with Gasteiger partial charge in [0.05, 0.1) is 6.26 Å². The molecule has 1 aromatic heterocycles. The zero-order valence-electron chi connectivity index (χ0n) is 10.5. The van der Waals surface area contributed by atoms with Gasteiger partial charge < -0.3 is 9.73 Å². The van der Waals surface area contributed by atoms with Crippen LogP contribution in [0.15, 0.2) is 16.7 Å². The molecule has 96 valence electrons. The van der Waals surface area contributed by atoms with E-state index >= 15 is 0 Å². The number of hydrogen-bond acceptors (Lipinski definition) is 2. The van der Waals surface area contributed by atoms with Crippen LogP contribution < -0.4 is 5.32 Å². The molecular formula is C14H22ClNO. The number of hydrogen-bond donors (Lipinski definition) is 1. The van der Waals surface area contributed by atoms with Gasteiger partial charge in [0.25, 0.3) is 0 Å². The van der Waals surface area contributed by atoms with Crippen LogP contribution in [0.3, 0.4) is 0 Å². The Kier molecular flexibility index (Phi) is 4.93. The van der Waals surface area contributed by atoms with E-state index in [9.17, 15) is 0 Å². The van der Waals surface area contributed by atoms with Gasteiger partial charge in [0.1, 0.15) is 0 Å². The first-order valence-electron chi connectivity index (χ1n) is 6.79. The van der Waals surface area contributed by atoms with Crippen LogP contribution in [0.25, 0.3) is 0 Å². The third kappa shape index (κ3) is 3.26. The SMILES string of the molecule is CCCNC(c1ccoc1Cl)C1CCCCC1. The molecule has 1 aromatic rings. The summed E-state index contributed by atoms with van der Waals surface area (Å²) in [6.07, 6.45) is 9.55. The molecule has 17 heavy (non-hydrogen) atoms. The zero-order chi connectivity index (χ0) is 12.1. The van der Waals surface area contributed by atoms with Crippen LogP contribution in [0.2, 0.25) is 5.22 Å². The highest BCUT2D eigenvalue weighted by molar-refractivity contribution is 6.29. The van der Waals surface area contributed by atoms with E-state index in [0.717, 1.165) is 18.5 Å². The fourth-order valence-electron chi connectivity index (χ4n) is 2.82. The smallest absolute Gasteiger partial charge is 0.197 e. The third-order valence-electron chi connectivity index (χ3n) is 3.72. The monoisotopic (exact) mass is 255 g/mol. The summed E-state index contributed by atoms with van der Waals surface area (Å²) in [5.41, 5.74) is 1.15. The molecule has 2 nitrogen and oxygen atoms in total. The van der Waals surface area contributed by atoms with Gasteiger partial charge in [0.15, 0.2) is 5.22 Å². The van der Waals surface area contributed by atoms with E-state index in [0.29, 0.717) is 17.2 Å². The molecule has 0 aromatic carbocycles. The first kappa shape index (κ1) is 13.0. The lowest BCUT2D eigenvalue weighted by atomic mass is 9.81. The molecule has 0 radical (unpaired) electrons. The summed E-state index contributed by atoms with van der Waals surface area (Å²) in [5, 5.41) is 4.20. The summed E-state index contributed by atoms with van der Waals surface area (Å²) >= 11 is 6.13. The maximum absolute atomic E-state index is 6.13. The van der Waals surface area contributed by atoms with Crippen LogP contribution in [0.1, 0.15) is 57.1 Å². The normalized spacial score (nSPS) is 19.4. The number of furan rings is 1. The lowest BCUT2D eigenvalue weighted by Gasteiger charge is -2.30. The Bertz CT molecular complexity index is 331. The summed E-state index contributed by atoms with van der Waals surface area (Å²) in [5.74, 6) is 0.713. The summed E-state index contributed by atoms with van der Waals surface area (Å²) in [4.78, 5) is 0. The molecule has 0 saturated heterocycles. The second kappa shape index (κ2) is 6.46. The van der Waals surface area contributed by atoms with Crippen molar-refractivity contribution >= 4 is 11.6 Å². The second-order valence-corrected chi connectivity index (χ2v) is 5.32. The van der Waals surface area contributed by atoms with E-state index in [4.69, 9.17) is 16.0 Å². The van der Waals surface area contributed by atoms with Crippen molar-refractivity contribution in [3.8, 4) is 0 Å². The van der Waals surface area contributed by atoms with Crippen LogP contribution in [-0.2, 0) is 0 Å². The van der Waals surface area contributed by atoms with Gasteiger partial charge in [0, 0.05) is 11.6 Å². The minimum atomic E-state index is 0.376. The minimum absolute atomic E-state index is 0.376. The topological polar surface area (TPSA) is 25.2 Å². The molecule has 2 rings (SSSR count). The van der Waals surface area contributed by atoms with Gasteiger partial charge in [0.2, 0.25) is 0 Å². The summed E-state index contributed by atoms with van der Waals surface area (Å²) in [6.45, 7) is 3.24. The summed E-state index contributed by atoms with van der Waals surface area (Å²) in [6, 6.07) is 2.39. The Morgan fingerprint density at radius 2 is 2.18 bits per heavy atom. The Morgan fingerprint density at radius 1 is 1.41 bits per heavy atom. The molecule has 1 atom stereocenters. The molecule has 1 N–H and O–H groups in total. The Labute approximate surface area is 109 Å². The minimum Gasteiger partial charge on any atom is -0.453 e. The lowest BCUT2D eigenvalue weighted by molar-refractivity contribution is 0.271. The molecule has 1 aliphatic rings. The van der Waals surface area contributed by atoms with E-state index in [1.54, 1.807) is 6.26 Å². The average Bonchev–Trinajstić information content (AvgIpc) is 2.78. The number of nitrogens with one attached hydrogen (secondary N) is 1. The van der Waals surface area contributed by atoms with E-state index in [-0.39, 0.29) is 0 Å². The molecule has 1 fully saturated rings. The predicted octanol–water partition coefficient (Wildman–Crippen LogP) is 4.55. The first-order valence-corrected chi connectivity index (χ1v) is 7.17. The standard InChI is InChI=1S/C14H22ClNO/c1-2-9-16-13(11-6-4-3-5-7-11)12-8-10-17-14(12)15/h8,10-11,13,16H,2-7,9H2,1H3. The highest BCUT2D eigenvalue weighted by Crippen LogP contribution is 2.37. The van der Waals surface area contributed by atoms with Crippen molar-refractivity contribution in [2.75, 3.05) is 6.54 Å². The van der Waals surface area contributed by atoms with Crippen molar-refractivity contribution in [3.05, 3.63) is 23.1 Å². The molecule has 1 aliphatic carbocycles. The number of rotatable bonds is 5. The maximum Gasteiger partial charge on any atom is 0.197 e. The van der Waals surface area contributed by atoms with Gasteiger partial charge in [-0.1, -0.05) is 26.2 Å². The molecule has 0 bridgehead atoms. The van der Waals surface area contributed by atoms with Crippen molar-refractivity contribution in [1.82, 2.24) is 5.32 Å². The largest absolute Gasteiger partial charge is 0.453 e. The molecule has 0 amide bonds. The number of halogens is 1. The molecule has 1 saturated carbocycles. The third-order valence-corrected chi connectivity index (χ3v) is 4.02. The van der Waals surface area contributed by atoms with Crippen LogP contribution >= 0.6 is 11.6 Å². The Balaban J connectivity index is 2.09. The van der Waals surface area contributed by atoms with Crippen LogP contribution in [0.5, 0.6) is 0 Å². The van der Waals surface area contributed by atoms with Crippen LogP contribution in [-0.4, -0.2) is 6.54 Å². The fraction of sp³-hybridized carbons (Fsp3) is 0.714. The quantitative estimate of drug-likeness (QED) is 0.835. The van der Waals surface area contributed by atoms with Gasteiger partial charge >= 0.3 is 0 Å². The van der Waals surface area contributed by atoms with Gasteiger partial charge in [-0.2, -0.15) is 0 Å². The Morgan fingerprint density at radius 3 is 2.76 bits per heavy atom. The highest BCUT2D eigenvalue weighted by Gasteiger charge is 2.27. The lowest BCUT2D eigenvalue weighted by Crippen LogP contribution is -2.30. The first-order chi connectivity index (χ1) is 8.33. The Hall–Kier alpha value is -0.470. The van der Waals surface area contributed by atoms with Gasteiger partial charge in [-0.25, -0.2) is 0 Å².